The predicted octanol–water partition coefficient (Wildman–Crippen LogP) is 1.74. The van der Waals surface area contributed by atoms with Crippen LogP contribution in [0.25, 0.3) is 0 Å². The molecule has 5 nitrogen and oxygen atoms in total. The van der Waals surface area contributed by atoms with E-state index in [2.05, 4.69) is 20.8 Å². The highest BCUT2D eigenvalue weighted by Crippen LogP contribution is 2.41. The molecule has 0 aromatic heterocycles. The Labute approximate surface area is 115 Å². The van der Waals surface area contributed by atoms with Crippen LogP contribution in [0.15, 0.2) is 0 Å². The minimum atomic E-state index is -2.19. The van der Waals surface area contributed by atoms with E-state index >= 15 is 0 Å². The zero-order valence-electron chi connectivity index (χ0n) is 12.4. The Morgan fingerprint density at radius 3 is 2.32 bits per heavy atom. The van der Waals surface area contributed by atoms with Crippen molar-refractivity contribution in [2.24, 2.45) is 0 Å². The molecule has 0 bridgehead atoms. The summed E-state index contributed by atoms with van der Waals surface area (Å²) >= 11 is 0. The fourth-order valence-electron chi connectivity index (χ4n) is 2.03. The summed E-state index contributed by atoms with van der Waals surface area (Å²) in [6.45, 7) is 10.2. The quantitative estimate of drug-likeness (QED) is 0.689. The average Bonchev–Trinajstić information content (AvgIpc) is 2.21. The molecule has 3 unspecified atom stereocenters. The van der Waals surface area contributed by atoms with E-state index in [1.54, 1.807) is 0 Å². The lowest BCUT2D eigenvalue weighted by molar-refractivity contribution is -0.180. The second-order valence-corrected chi connectivity index (χ2v) is 11.8. The fraction of sp³-hybridized carbons (Fsp3) is 0.923. The zero-order valence-corrected chi connectivity index (χ0v) is 13.4. The largest absolute Gasteiger partial charge is 0.479 e. The van der Waals surface area contributed by atoms with Crippen LogP contribution in [0, 0.1) is 0 Å². The molecule has 19 heavy (non-hydrogen) atoms. The number of hydrogen-bond donors (Lipinski definition) is 3. The summed E-state index contributed by atoms with van der Waals surface area (Å²) < 4.78 is 6.04. The van der Waals surface area contributed by atoms with Gasteiger partial charge in [0.2, 0.25) is 0 Å². The first kappa shape index (κ1) is 16.6. The van der Waals surface area contributed by atoms with Crippen LogP contribution >= 0.6 is 0 Å². The van der Waals surface area contributed by atoms with Gasteiger partial charge in [-0.05, 0) is 31.0 Å². The van der Waals surface area contributed by atoms with Crippen LogP contribution < -0.4 is 0 Å². The second kappa shape index (κ2) is 5.16. The van der Waals surface area contributed by atoms with Gasteiger partial charge < -0.3 is 19.7 Å². The van der Waals surface area contributed by atoms with Gasteiger partial charge in [0.15, 0.2) is 13.9 Å². The van der Waals surface area contributed by atoms with Gasteiger partial charge in [-0.3, -0.25) is 0 Å². The lowest BCUT2D eigenvalue weighted by Crippen LogP contribution is -2.59. The van der Waals surface area contributed by atoms with Gasteiger partial charge in [-0.25, -0.2) is 4.79 Å². The van der Waals surface area contributed by atoms with E-state index in [4.69, 9.17) is 4.43 Å². The smallest absolute Gasteiger partial charge is 0.338 e. The molecular weight excluding hydrogens is 264 g/mol. The van der Waals surface area contributed by atoms with Crippen LogP contribution in [0.1, 0.15) is 40.0 Å². The van der Waals surface area contributed by atoms with Crippen molar-refractivity contribution in [3.8, 4) is 0 Å². The molecule has 1 fully saturated rings. The van der Waals surface area contributed by atoms with Gasteiger partial charge >= 0.3 is 5.97 Å². The van der Waals surface area contributed by atoms with Crippen molar-refractivity contribution in [2.75, 3.05) is 0 Å². The number of hydrogen-bond acceptors (Lipinski definition) is 4. The van der Waals surface area contributed by atoms with Crippen LogP contribution in [0.2, 0.25) is 18.1 Å². The number of carboxylic acid groups (broad SMARTS) is 1. The van der Waals surface area contributed by atoms with E-state index in [0.717, 1.165) is 0 Å². The number of rotatable bonds is 3. The first-order valence-electron chi connectivity index (χ1n) is 6.72. The second-order valence-electron chi connectivity index (χ2n) is 7.02. The van der Waals surface area contributed by atoms with E-state index in [0.29, 0.717) is 6.42 Å². The van der Waals surface area contributed by atoms with Gasteiger partial charge in [-0.1, -0.05) is 20.8 Å². The lowest BCUT2D eigenvalue weighted by Gasteiger charge is -2.45. The Hall–Kier alpha value is -0.433. The molecular formula is C13H26O5Si. The van der Waals surface area contributed by atoms with E-state index in [1.165, 1.54) is 0 Å². The molecule has 0 aromatic rings. The van der Waals surface area contributed by atoms with Crippen LogP contribution in [-0.2, 0) is 9.22 Å². The van der Waals surface area contributed by atoms with Gasteiger partial charge in [0.1, 0.15) is 0 Å². The number of aliphatic hydroxyl groups is 2. The van der Waals surface area contributed by atoms with E-state index in [9.17, 15) is 20.1 Å². The summed E-state index contributed by atoms with van der Waals surface area (Å²) in [4.78, 5) is 11.3. The molecule has 0 radical (unpaired) electrons. The Kier molecular flexibility index (Phi) is 4.51. The zero-order chi connectivity index (χ0) is 15.1. The minimum Gasteiger partial charge on any atom is -0.479 e. The molecule has 112 valence electrons. The minimum absolute atomic E-state index is 0.0305. The van der Waals surface area contributed by atoms with Crippen molar-refractivity contribution in [3.05, 3.63) is 0 Å². The Morgan fingerprint density at radius 2 is 1.89 bits per heavy atom. The molecule has 0 heterocycles. The molecule has 0 spiro atoms. The molecule has 3 N–H and O–H groups in total. The summed E-state index contributed by atoms with van der Waals surface area (Å²) in [5, 5.41) is 29.2. The topological polar surface area (TPSA) is 87.0 Å². The lowest BCUT2D eigenvalue weighted by atomic mass is 9.81. The van der Waals surface area contributed by atoms with Crippen molar-refractivity contribution in [3.63, 3.8) is 0 Å². The van der Waals surface area contributed by atoms with E-state index in [1.807, 2.05) is 13.1 Å². The van der Waals surface area contributed by atoms with Crippen molar-refractivity contribution >= 4 is 14.3 Å². The summed E-state index contributed by atoms with van der Waals surface area (Å²) in [6.07, 6.45) is -0.942. The molecule has 0 aromatic carbocycles. The maximum atomic E-state index is 11.3. The Balaban J connectivity index is 2.97. The molecule has 1 saturated carbocycles. The number of aliphatic hydroxyl groups excluding tert-OH is 1. The number of carboxylic acids is 1. The van der Waals surface area contributed by atoms with Crippen LogP contribution in [0.4, 0.5) is 0 Å². The van der Waals surface area contributed by atoms with E-state index < -0.39 is 32.1 Å². The van der Waals surface area contributed by atoms with Gasteiger partial charge in [0, 0.05) is 6.42 Å². The van der Waals surface area contributed by atoms with Crippen molar-refractivity contribution in [1.29, 1.82) is 0 Å². The molecule has 6 heteroatoms. The van der Waals surface area contributed by atoms with E-state index in [-0.39, 0.29) is 17.9 Å². The third-order valence-corrected chi connectivity index (χ3v) is 8.98. The molecule has 3 atom stereocenters. The molecule has 1 aliphatic rings. The van der Waals surface area contributed by atoms with Crippen LogP contribution in [0.5, 0.6) is 0 Å². The predicted molar refractivity (Wildman–Crippen MR) is 74.5 cm³/mol. The van der Waals surface area contributed by atoms with Gasteiger partial charge in [0.05, 0.1) is 12.2 Å². The molecule has 1 aliphatic carbocycles. The normalized spacial score (nSPS) is 33.2. The van der Waals surface area contributed by atoms with Gasteiger partial charge in [-0.15, -0.1) is 0 Å². The highest BCUT2D eigenvalue weighted by atomic mass is 28.4. The standard InChI is InChI=1S/C13H26O5Si/c1-12(2,3)19(4,5)18-10-8-9(14)6-7-13(10,17)11(15)16/h9-10,14,17H,6-8H2,1-5H3,(H,15,16). The molecule has 0 amide bonds. The van der Waals surface area contributed by atoms with Crippen molar-refractivity contribution < 1.29 is 24.5 Å². The third kappa shape index (κ3) is 3.37. The van der Waals surface area contributed by atoms with Gasteiger partial charge in [0.25, 0.3) is 0 Å². The van der Waals surface area contributed by atoms with Crippen molar-refractivity contribution in [2.45, 2.75) is 76.0 Å². The number of aliphatic carboxylic acids is 1. The van der Waals surface area contributed by atoms with Gasteiger partial charge in [-0.2, -0.15) is 0 Å². The summed E-state index contributed by atoms with van der Waals surface area (Å²) in [7, 11) is -2.19. The highest BCUT2D eigenvalue weighted by molar-refractivity contribution is 6.74. The highest BCUT2D eigenvalue weighted by Gasteiger charge is 2.52. The first-order valence-corrected chi connectivity index (χ1v) is 9.62. The maximum absolute atomic E-state index is 11.3. The van der Waals surface area contributed by atoms with Crippen LogP contribution in [-0.4, -0.2) is 47.4 Å². The monoisotopic (exact) mass is 290 g/mol. The number of carbonyl (C=O) groups is 1. The summed E-state index contributed by atoms with van der Waals surface area (Å²) in [5.41, 5.74) is -1.88. The molecule has 1 rings (SSSR count). The third-order valence-electron chi connectivity index (χ3n) is 4.49. The molecule has 0 aliphatic heterocycles. The Bertz CT molecular complexity index is 349. The average molecular weight is 290 g/mol. The van der Waals surface area contributed by atoms with Crippen molar-refractivity contribution in [1.82, 2.24) is 0 Å². The van der Waals surface area contributed by atoms with Crippen LogP contribution in [0.3, 0.4) is 0 Å². The maximum Gasteiger partial charge on any atom is 0.338 e. The SMILES string of the molecule is CC(C)(C)[Si](C)(C)OC1CC(O)CCC1(O)C(=O)O. The molecule has 0 saturated heterocycles. The Morgan fingerprint density at radius 1 is 1.37 bits per heavy atom. The first-order chi connectivity index (χ1) is 8.40. The summed E-state index contributed by atoms with van der Waals surface area (Å²) in [5.74, 6) is -1.26. The summed E-state index contributed by atoms with van der Waals surface area (Å²) in [6, 6.07) is 0. The fourth-order valence-corrected chi connectivity index (χ4v) is 3.39.